The highest BCUT2D eigenvalue weighted by atomic mass is 127. The molecule has 1 aromatic carbocycles. The molecule has 1 amide bonds. The molecule has 0 radical (unpaired) electrons. The molecule has 1 aromatic heterocycles. The fourth-order valence-corrected chi connectivity index (χ4v) is 2.04. The second-order valence-electron chi connectivity index (χ2n) is 3.47. The van der Waals surface area contributed by atoms with Crippen LogP contribution in [0, 0.1) is 3.57 Å². The number of hydrogen-bond acceptors (Lipinski definition) is 4. The van der Waals surface area contributed by atoms with Crippen LogP contribution in [0.1, 0.15) is 10.4 Å². The van der Waals surface area contributed by atoms with Gasteiger partial charge in [0.1, 0.15) is 16.7 Å². The minimum absolute atomic E-state index is 0.0343. The van der Waals surface area contributed by atoms with Crippen molar-refractivity contribution < 1.29 is 9.90 Å². The van der Waals surface area contributed by atoms with Gasteiger partial charge in [-0.25, -0.2) is 9.97 Å². The number of nitrogens with zero attached hydrogens (tertiary/aromatic N) is 2. The summed E-state index contributed by atoms with van der Waals surface area (Å²) in [5, 5.41) is 12.1. The van der Waals surface area contributed by atoms with E-state index in [1.54, 1.807) is 12.1 Å². The van der Waals surface area contributed by atoms with Gasteiger partial charge in [0, 0.05) is 11.6 Å². The number of halogens is 3. The van der Waals surface area contributed by atoms with E-state index in [0.29, 0.717) is 9.13 Å². The van der Waals surface area contributed by atoms with Gasteiger partial charge in [-0.15, -0.1) is 0 Å². The van der Waals surface area contributed by atoms with E-state index in [4.69, 9.17) is 23.2 Å². The molecule has 2 N–H and O–H groups in total. The van der Waals surface area contributed by atoms with Gasteiger partial charge >= 0.3 is 0 Å². The molecule has 0 bridgehead atoms. The SMILES string of the molecule is O=C(Nc1cc(Cl)nc(Cl)n1)c1ccc(I)c(O)c1. The lowest BCUT2D eigenvalue weighted by Crippen LogP contribution is -2.13. The first-order chi connectivity index (χ1) is 8.95. The van der Waals surface area contributed by atoms with Crippen LogP contribution in [0.25, 0.3) is 0 Å². The maximum atomic E-state index is 11.9. The van der Waals surface area contributed by atoms with Gasteiger partial charge in [0.25, 0.3) is 5.91 Å². The number of anilines is 1. The number of carbonyl (C=O) groups is 1. The Morgan fingerprint density at radius 1 is 1.26 bits per heavy atom. The van der Waals surface area contributed by atoms with Gasteiger partial charge in [-0.3, -0.25) is 4.79 Å². The van der Waals surface area contributed by atoms with E-state index in [-0.39, 0.29) is 22.0 Å². The van der Waals surface area contributed by atoms with Crippen LogP contribution >= 0.6 is 45.8 Å². The molecule has 98 valence electrons. The largest absolute Gasteiger partial charge is 0.507 e. The predicted molar refractivity (Wildman–Crippen MR) is 80.8 cm³/mol. The van der Waals surface area contributed by atoms with Crippen LogP contribution in [-0.2, 0) is 0 Å². The number of aromatic nitrogens is 2. The number of hydrogen-bond donors (Lipinski definition) is 2. The molecule has 0 fully saturated rings. The average molecular weight is 410 g/mol. The zero-order valence-corrected chi connectivity index (χ0v) is 12.9. The highest BCUT2D eigenvalue weighted by Crippen LogP contribution is 2.21. The van der Waals surface area contributed by atoms with Gasteiger partial charge in [-0.2, -0.15) is 0 Å². The molecule has 0 saturated carbocycles. The highest BCUT2D eigenvalue weighted by molar-refractivity contribution is 14.1. The summed E-state index contributed by atoms with van der Waals surface area (Å²) in [4.78, 5) is 19.4. The molecule has 5 nitrogen and oxygen atoms in total. The summed E-state index contributed by atoms with van der Waals surface area (Å²) in [5.41, 5.74) is 0.295. The second kappa shape index (κ2) is 5.89. The minimum atomic E-state index is -0.433. The van der Waals surface area contributed by atoms with Crippen molar-refractivity contribution >= 4 is 57.5 Å². The third-order valence-electron chi connectivity index (χ3n) is 2.12. The van der Waals surface area contributed by atoms with Crippen LogP contribution in [-0.4, -0.2) is 21.0 Å². The van der Waals surface area contributed by atoms with Crippen LogP contribution in [0.4, 0.5) is 5.82 Å². The summed E-state index contributed by atoms with van der Waals surface area (Å²) >= 11 is 13.3. The van der Waals surface area contributed by atoms with E-state index >= 15 is 0 Å². The van der Waals surface area contributed by atoms with E-state index in [1.807, 2.05) is 22.6 Å². The summed E-state index contributed by atoms with van der Waals surface area (Å²) in [6.07, 6.45) is 0. The monoisotopic (exact) mass is 409 g/mol. The molecule has 2 aromatic rings. The number of nitrogens with one attached hydrogen (secondary N) is 1. The van der Waals surface area contributed by atoms with Gasteiger partial charge in [0.05, 0.1) is 3.57 Å². The van der Waals surface area contributed by atoms with Crippen LogP contribution < -0.4 is 5.32 Å². The summed E-state index contributed by atoms with van der Waals surface area (Å²) < 4.78 is 0.655. The van der Waals surface area contributed by atoms with Gasteiger partial charge < -0.3 is 10.4 Å². The first kappa shape index (κ1) is 14.3. The van der Waals surface area contributed by atoms with Crippen molar-refractivity contribution in [1.29, 1.82) is 0 Å². The van der Waals surface area contributed by atoms with Crippen molar-refractivity contribution in [2.45, 2.75) is 0 Å². The summed E-state index contributed by atoms with van der Waals surface area (Å²) in [7, 11) is 0. The summed E-state index contributed by atoms with van der Waals surface area (Å²) in [5.74, 6) is -0.211. The Morgan fingerprint density at radius 3 is 2.63 bits per heavy atom. The van der Waals surface area contributed by atoms with Crippen molar-refractivity contribution in [3.63, 3.8) is 0 Å². The highest BCUT2D eigenvalue weighted by Gasteiger charge is 2.10. The van der Waals surface area contributed by atoms with Crippen molar-refractivity contribution in [2.75, 3.05) is 5.32 Å². The Bertz CT molecular complexity index is 632. The molecular weight excluding hydrogens is 404 g/mol. The molecule has 0 aliphatic heterocycles. The smallest absolute Gasteiger partial charge is 0.256 e. The standard InChI is InChI=1S/C11H6Cl2IN3O2/c12-8-4-9(17-11(13)15-8)16-10(19)5-1-2-6(14)7(18)3-5/h1-4,18H,(H,15,16,17,19). The fourth-order valence-electron chi connectivity index (χ4n) is 1.30. The zero-order valence-electron chi connectivity index (χ0n) is 9.19. The van der Waals surface area contributed by atoms with Crippen LogP contribution in [0.2, 0.25) is 10.4 Å². The third-order valence-corrected chi connectivity index (χ3v) is 3.39. The number of aromatic hydroxyl groups is 1. The molecule has 1 heterocycles. The lowest BCUT2D eigenvalue weighted by Gasteiger charge is -2.06. The van der Waals surface area contributed by atoms with Gasteiger partial charge in [0.2, 0.25) is 5.28 Å². The first-order valence-corrected chi connectivity index (χ1v) is 6.79. The zero-order chi connectivity index (χ0) is 14.0. The van der Waals surface area contributed by atoms with Crippen molar-refractivity contribution in [3.05, 3.63) is 43.8 Å². The molecule has 19 heavy (non-hydrogen) atoms. The van der Waals surface area contributed by atoms with Crippen LogP contribution in [0.15, 0.2) is 24.3 Å². The average Bonchev–Trinajstić information content (AvgIpc) is 2.31. The Kier molecular flexibility index (Phi) is 4.43. The van der Waals surface area contributed by atoms with E-state index in [9.17, 15) is 9.90 Å². The fraction of sp³-hybridized carbons (Fsp3) is 0. The summed E-state index contributed by atoms with van der Waals surface area (Å²) in [6.45, 7) is 0. The van der Waals surface area contributed by atoms with Crippen molar-refractivity contribution in [3.8, 4) is 5.75 Å². The van der Waals surface area contributed by atoms with E-state index in [1.165, 1.54) is 12.1 Å². The third kappa shape index (κ3) is 3.68. The Hall–Kier alpha value is -1.12. The number of rotatable bonds is 2. The quantitative estimate of drug-likeness (QED) is 0.453. The Labute approximate surface area is 132 Å². The number of phenolic OH excluding ortho intramolecular Hbond substituents is 1. The van der Waals surface area contributed by atoms with E-state index in [0.717, 1.165) is 0 Å². The lowest BCUT2D eigenvalue weighted by molar-refractivity contribution is 0.102. The lowest BCUT2D eigenvalue weighted by atomic mass is 10.2. The number of amides is 1. The molecule has 2 rings (SSSR count). The van der Waals surface area contributed by atoms with Crippen molar-refractivity contribution in [2.24, 2.45) is 0 Å². The van der Waals surface area contributed by atoms with Gasteiger partial charge in [-0.05, 0) is 52.4 Å². The van der Waals surface area contributed by atoms with E-state index in [2.05, 4.69) is 15.3 Å². The van der Waals surface area contributed by atoms with Crippen LogP contribution in [0.3, 0.4) is 0 Å². The molecule has 8 heteroatoms. The molecule has 0 aliphatic carbocycles. The predicted octanol–water partition coefficient (Wildman–Crippen LogP) is 3.35. The number of phenols is 1. The molecule has 0 saturated heterocycles. The number of carbonyl (C=O) groups excluding carboxylic acids is 1. The maximum Gasteiger partial charge on any atom is 0.256 e. The molecule has 0 atom stereocenters. The molecule has 0 unspecified atom stereocenters. The van der Waals surface area contributed by atoms with Gasteiger partial charge in [-0.1, -0.05) is 11.6 Å². The minimum Gasteiger partial charge on any atom is -0.507 e. The Balaban J connectivity index is 2.22. The topological polar surface area (TPSA) is 75.1 Å². The maximum absolute atomic E-state index is 11.9. The van der Waals surface area contributed by atoms with Gasteiger partial charge in [0.15, 0.2) is 0 Å². The summed E-state index contributed by atoms with van der Waals surface area (Å²) in [6, 6.07) is 5.95. The van der Waals surface area contributed by atoms with Crippen LogP contribution in [0.5, 0.6) is 5.75 Å². The molecule has 0 spiro atoms. The molecule has 0 aliphatic rings. The first-order valence-electron chi connectivity index (χ1n) is 4.95. The Morgan fingerprint density at radius 2 is 2.00 bits per heavy atom. The second-order valence-corrected chi connectivity index (χ2v) is 5.35. The normalized spacial score (nSPS) is 10.3. The van der Waals surface area contributed by atoms with E-state index < -0.39 is 5.91 Å². The molecular formula is C11H6Cl2IN3O2. The van der Waals surface area contributed by atoms with Crippen molar-refractivity contribution in [1.82, 2.24) is 9.97 Å². The number of benzene rings is 1.